The van der Waals surface area contributed by atoms with Crippen molar-refractivity contribution in [2.45, 2.75) is 11.4 Å². The van der Waals surface area contributed by atoms with Gasteiger partial charge in [-0.1, -0.05) is 12.1 Å². The third kappa shape index (κ3) is 5.25. The molecule has 1 aliphatic rings. The normalized spacial score (nSPS) is 14.4. The van der Waals surface area contributed by atoms with Gasteiger partial charge < -0.3 is 15.6 Å². The van der Waals surface area contributed by atoms with Crippen molar-refractivity contribution in [2.24, 2.45) is 0 Å². The number of rotatable bonds is 8. The van der Waals surface area contributed by atoms with Gasteiger partial charge in [0, 0.05) is 80.0 Å². The molecule has 0 aliphatic carbocycles. The monoisotopic (exact) mass is 523 g/mol. The molecule has 5 rings (SSSR count). The number of hydrogen-bond acceptors (Lipinski definition) is 9. The molecule has 192 valence electrons. The number of piperazine rings is 1. The maximum absolute atomic E-state index is 9.65. The summed E-state index contributed by atoms with van der Waals surface area (Å²) in [4.78, 5) is 15.5. The van der Waals surface area contributed by atoms with Crippen LogP contribution in [0.3, 0.4) is 0 Å². The number of fused-ring (bicyclic) bond motifs is 1. The SMILES string of the molecule is CN/C=C(\C=N)c1cc(-c2cnc(N3CCN(Cc4ccc(SC)cc4)CC3)cn2)c2c(C#N)cnn2c1. The van der Waals surface area contributed by atoms with Gasteiger partial charge in [0.25, 0.3) is 0 Å². The Morgan fingerprint density at radius 1 is 1.13 bits per heavy atom. The fourth-order valence-electron chi connectivity index (χ4n) is 4.67. The van der Waals surface area contributed by atoms with Crippen LogP contribution in [0.15, 0.2) is 66.2 Å². The zero-order chi connectivity index (χ0) is 26.5. The fourth-order valence-corrected chi connectivity index (χ4v) is 5.08. The van der Waals surface area contributed by atoms with Crippen LogP contribution in [0.4, 0.5) is 5.82 Å². The zero-order valence-corrected chi connectivity index (χ0v) is 22.2. The van der Waals surface area contributed by atoms with E-state index in [1.807, 2.05) is 12.3 Å². The number of hydrogen-bond donors (Lipinski definition) is 2. The lowest BCUT2D eigenvalue weighted by Crippen LogP contribution is -2.46. The molecule has 38 heavy (non-hydrogen) atoms. The lowest BCUT2D eigenvalue weighted by Gasteiger charge is -2.35. The highest BCUT2D eigenvalue weighted by Crippen LogP contribution is 2.29. The summed E-state index contributed by atoms with van der Waals surface area (Å²) in [5.41, 5.74) is 5.34. The minimum atomic E-state index is 0.464. The van der Waals surface area contributed by atoms with E-state index < -0.39 is 0 Å². The Balaban J connectivity index is 1.34. The molecule has 4 heterocycles. The van der Waals surface area contributed by atoms with E-state index >= 15 is 0 Å². The molecule has 1 fully saturated rings. The van der Waals surface area contributed by atoms with E-state index in [4.69, 9.17) is 15.4 Å². The first kappa shape index (κ1) is 25.4. The predicted molar refractivity (Wildman–Crippen MR) is 152 cm³/mol. The van der Waals surface area contributed by atoms with Gasteiger partial charge in [0.2, 0.25) is 0 Å². The molecule has 0 atom stereocenters. The van der Waals surface area contributed by atoms with Gasteiger partial charge in [-0.25, -0.2) is 9.50 Å². The van der Waals surface area contributed by atoms with Crippen LogP contribution < -0.4 is 10.2 Å². The van der Waals surface area contributed by atoms with Crippen LogP contribution in [0.1, 0.15) is 16.7 Å². The molecular formula is C28H29N9S. The third-order valence-corrected chi connectivity index (χ3v) is 7.44. The molecule has 4 aromatic rings. The molecule has 3 aromatic heterocycles. The molecule has 0 spiro atoms. The van der Waals surface area contributed by atoms with Gasteiger partial charge in [-0.15, -0.1) is 11.8 Å². The number of nitrogens with zero attached hydrogens (tertiary/aromatic N) is 7. The van der Waals surface area contributed by atoms with Gasteiger partial charge >= 0.3 is 0 Å². The van der Waals surface area contributed by atoms with Gasteiger partial charge in [-0.3, -0.25) is 9.88 Å². The third-order valence-electron chi connectivity index (χ3n) is 6.70. The Morgan fingerprint density at radius 2 is 1.92 bits per heavy atom. The predicted octanol–water partition coefficient (Wildman–Crippen LogP) is 3.92. The average molecular weight is 524 g/mol. The molecule has 0 bridgehead atoms. The van der Waals surface area contributed by atoms with Crippen LogP contribution >= 0.6 is 11.8 Å². The van der Waals surface area contributed by atoms with Crippen LogP contribution in [-0.2, 0) is 6.54 Å². The van der Waals surface area contributed by atoms with Crippen LogP contribution in [0.2, 0.25) is 0 Å². The standard InChI is InChI=1S/C28H29N9S/c1-31-14-22(12-29)21-11-25(28-23(13-30)15-34-37(28)19-21)26-16-33-27(17-32-26)36-9-7-35(8-10-36)18-20-3-5-24(38-2)6-4-20/h3-6,11-12,14-17,19,29,31H,7-10,18H2,1-2H3/b22-14+,29-12?. The van der Waals surface area contributed by atoms with Crippen molar-refractivity contribution in [1.29, 1.82) is 10.7 Å². The maximum atomic E-state index is 9.65. The number of anilines is 1. The van der Waals surface area contributed by atoms with E-state index in [1.54, 1.807) is 48.1 Å². The minimum Gasteiger partial charge on any atom is -0.393 e. The maximum Gasteiger partial charge on any atom is 0.147 e. The lowest BCUT2D eigenvalue weighted by molar-refractivity contribution is 0.249. The summed E-state index contributed by atoms with van der Waals surface area (Å²) in [5, 5.41) is 24.8. The molecule has 0 saturated carbocycles. The first-order valence-electron chi connectivity index (χ1n) is 12.4. The van der Waals surface area contributed by atoms with E-state index in [-0.39, 0.29) is 0 Å². The highest BCUT2D eigenvalue weighted by molar-refractivity contribution is 7.98. The smallest absolute Gasteiger partial charge is 0.147 e. The number of pyridine rings is 1. The summed E-state index contributed by atoms with van der Waals surface area (Å²) in [6.07, 6.45) is 12.1. The van der Waals surface area contributed by atoms with Gasteiger partial charge in [-0.2, -0.15) is 10.4 Å². The second kappa shape index (κ2) is 11.5. The number of nitriles is 1. The Kier molecular flexibility index (Phi) is 7.67. The van der Waals surface area contributed by atoms with Crippen LogP contribution in [0.5, 0.6) is 0 Å². The molecule has 0 amide bonds. The summed E-state index contributed by atoms with van der Waals surface area (Å²) < 4.78 is 1.67. The van der Waals surface area contributed by atoms with Gasteiger partial charge in [0.15, 0.2) is 0 Å². The summed E-state index contributed by atoms with van der Waals surface area (Å²) in [6, 6.07) is 12.9. The number of allylic oxidation sites excluding steroid dienone is 1. The van der Waals surface area contributed by atoms with Crippen molar-refractivity contribution in [2.75, 3.05) is 44.4 Å². The number of thioether (sulfide) groups is 1. The van der Waals surface area contributed by atoms with Crippen LogP contribution in [-0.4, -0.2) is 70.2 Å². The topological polar surface area (TPSA) is 109 Å². The van der Waals surface area contributed by atoms with Crippen LogP contribution in [0, 0.1) is 16.7 Å². The van der Waals surface area contributed by atoms with Crippen LogP contribution in [0.25, 0.3) is 22.3 Å². The number of nitrogens with one attached hydrogen (secondary N) is 2. The van der Waals surface area contributed by atoms with Crippen molar-refractivity contribution < 1.29 is 0 Å². The average Bonchev–Trinajstić information content (AvgIpc) is 3.39. The molecule has 1 saturated heterocycles. The van der Waals surface area contributed by atoms with E-state index in [0.29, 0.717) is 22.3 Å². The second-order valence-electron chi connectivity index (χ2n) is 9.01. The van der Waals surface area contributed by atoms with Crippen molar-refractivity contribution in [3.63, 3.8) is 0 Å². The summed E-state index contributed by atoms with van der Waals surface area (Å²) >= 11 is 1.76. The lowest BCUT2D eigenvalue weighted by atomic mass is 10.0. The van der Waals surface area contributed by atoms with Gasteiger partial charge in [0.1, 0.15) is 11.9 Å². The Morgan fingerprint density at radius 3 is 2.55 bits per heavy atom. The Hall–Kier alpha value is -4.20. The first-order chi connectivity index (χ1) is 18.6. The van der Waals surface area contributed by atoms with E-state index in [1.165, 1.54) is 16.7 Å². The molecule has 1 aliphatic heterocycles. The van der Waals surface area contributed by atoms with Crippen molar-refractivity contribution in [3.8, 4) is 17.3 Å². The highest BCUT2D eigenvalue weighted by Gasteiger charge is 2.20. The summed E-state index contributed by atoms with van der Waals surface area (Å²) in [5.74, 6) is 0.842. The van der Waals surface area contributed by atoms with Crippen molar-refractivity contribution >= 4 is 34.9 Å². The zero-order valence-electron chi connectivity index (χ0n) is 21.4. The van der Waals surface area contributed by atoms with Gasteiger partial charge in [0.05, 0.1) is 35.4 Å². The highest BCUT2D eigenvalue weighted by atomic mass is 32.2. The van der Waals surface area contributed by atoms with E-state index in [2.05, 4.69) is 56.8 Å². The molecule has 10 heteroatoms. The second-order valence-corrected chi connectivity index (χ2v) is 9.89. The fraction of sp³-hybridized carbons (Fsp3) is 0.250. The van der Waals surface area contributed by atoms with Crippen molar-refractivity contribution in [1.82, 2.24) is 29.8 Å². The van der Waals surface area contributed by atoms with E-state index in [9.17, 15) is 5.26 Å². The first-order valence-corrected chi connectivity index (χ1v) is 13.6. The summed E-state index contributed by atoms with van der Waals surface area (Å²) in [6.45, 7) is 4.64. The summed E-state index contributed by atoms with van der Waals surface area (Å²) in [7, 11) is 1.79. The quantitative estimate of drug-likeness (QED) is 0.264. The molecular weight excluding hydrogens is 494 g/mol. The molecule has 0 radical (unpaired) electrons. The van der Waals surface area contributed by atoms with Crippen molar-refractivity contribution in [3.05, 3.63) is 78.0 Å². The van der Waals surface area contributed by atoms with Gasteiger partial charge in [-0.05, 0) is 30.0 Å². The van der Waals surface area contributed by atoms with E-state index in [0.717, 1.165) is 49.7 Å². The minimum absolute atomic E-state index is 0.464. The molecule has 2 N–H and O–H groups in total. The molecule has 0 unspecified atom stereocenters. The molecule has 1 aromatic carbocycles. The Labute approximate surface area is 226 Å². The number of aromatic nitrogens is 4. The largest absolute Gasteiger partial charge is 0.393 e. The molecule has 9 nitrogen and oxygen atoms in total. The Bertz CT molecular complexity index is 1490. The number of benzene rings is 1.